The number of hydrogen-bond donors (Lipinski definition) is 1. The van der Waals surface area contributed by atoms with Crippen LogP contribution in [0.5, 0.6) is 0 Å². The Balaban J connectivity index is 2.29. The molecule has 200 valence electrons. The summed E-state index contributed by atoms with van der Waals surface area (Å²) in [7, 11) is 0. The van der Waals surface area contributed by atoms with Gasteiger partial charge in [0.05, 0.1) is 17.9 Å². The summed E-state index contributed by atoms with van der Waals surface area (Å²) in [5.74, 6) is 0.980. The standard InChI is InChI=1S/C30H48N4O2/c1-20(2)18-33(28(36)15-21(3)17-29(6,7)8)19-27(35)31-26-16-25(30(9,10)11)32-34(26)24-14-12-13-22(4)23(24)5/h12-14,16,20-21H,15,17-19H2,1-11H3,(H,31,35). The van der Waals surface area contributed by atoms with Crippen molar-refractivity contribution in [2.75, 3.05) is 18.4 Å². The van der Waals surface area contributed by atoms with Gasteiger partial charge in [-0.1, -0.05) is 74.4 Å². The molecular weight excluding hydrogens is 448 g/mol. The van der Waals surface area contributed by atoms with Crippen LogP contribution in [0.3, 0.4) is 0 Å². The Bertz CT molecular complexity index is 1050. The Morgan fingerprint density at radius 1 is 1.06 bits per heavy atom. The van der Waals surface area contributed by atoms with Crippen molar-refractivity contribution in [1.29, 1.82) is 0 Å². The molecule has 0 saturated heterocycles. The first-order valence-electron chi connectivity index (χ1n) is 13.2. The summed E-state index contributed by atoms with van der Waals surface area (Å²) < 4.78 is 1.82. The van der Waals surface area contributed by atoms with E-state index in [0.717, 1.165) is 28.9 Å². The zero-order chi connectivity index (χ0) is 27.4. The molecule has 0 saturated carbocycles. The third-order valence-corrected chi connectivity index (χ3v) is 6.31. The molecule has 0 aliphatic heterocycles. The fourth-order valence-electron chi connectivity index (χ4n) is 4.58. The second kappa shape index (κ2) is 11.6. The normalized spacial score (nSPS) is 13.1. The zero-order valence-electron chi connectivity index (χ0n) is 24.5. The van der Waals surface area contributed by atoms with Crippen LogP contribution in [-0.4, -0.2) is 39.6 Å². The first-order valence-corrected chi connectivity index (χ1v) is 13.2. The first kappa shape index (κ1) is 29.6. The Morgan fingerprint density at radius 2 is 1.69 bits per heavy atom. The van der Waals surface area contributed by atoms with Crippen molar-refractivity contribution in [3.63, 3.8) is 0 Å². The lowest BCUT2D eigenvalue weighted by Crippen LogP contribution is -2.41. The van der Waals surface area contributed by atoms with Crippen LogP contribution in [0.4, 0.5) is 5.82 Å². The predicted molar refractivity (Wildman–Crippen MR) is 150 cm³/mol. The maximum absolute atomic E-state index is 13.3. The Hall–Kier alpha value is -2.63. The first-order chi connectivity index (χ1) is 16.5. The van der Waals surface area contributed by atoms with E-state index in [-0.39, 0.29) is 41.0 Å². The van der Waals surface area contributed by atoms with Crippen molar-refractivity contribution in [3.05, 3.63) is 41.1 Å². The highest BCUT2D eigenvalue weighted by Gasteiger charge is 2.25. The molecule has 2 rings (SSSR count). The van der Waals surface area contributed by atoms with Gasteiger partial charge in [-0.3, -0.25) is 9.59 Å². The van der Waals surface area contributed by atoms with E-state index in [9.17, 15) is 9.59 Å². The number of amides is 2. The van der Waals surface area contributed by atoms with E-state index >= 15 is 0 Å². The highest BCUT2D eigenvalue weighted by molar-refractivity contribution is 5.94. The molecule has 6 heteroatoms. The second-order valence-corrected chi connectivity index (χ2v) is 13.1. The van der Waals surface area contributed by atoms with Gasteiger partial charge in [-0.2, -0.15) is 5.10 Å². The Kier molecular flexibility index (Phi) is 9.55. The molecule has 1 aromatic heterocycles. The van der Waals surface area contributed by atoms with E-state index in [4.69, 9.17) is 5.10 Å². The number of nitrogens with zero attached hydrogens (tertiary/aromatic N) is 3. The number of carbonyl (C=O) groups is 2. The number of anilines is 1. The van der Waals surface area contributed by atoms with Crippen molar-refractivity contribution in [2.45, 2.75) is 94.4 Å². The van der Waals surface area contributed by atoms with E-state index in [1.54, 1.807) is 4.90 Å². The molecule has 0 aliphatic carbocycles. The molecule has 6 nitrogen and oxygen atoms in total. The SMILES string of the molecule is Cc1cccc(-n2nc(C(C)(C)C)cc2NC(=O)CN(CC(C)C)C(=O)CC(C)CC(C)(C)C)c1C. The van der Waals surface area contributed by atoms with Gasteiger partial charge in [0.1, 0.15) is 5.82 Å². The van der Waals surface area contributed by atoms with Crippen LogP contribution in [0.25, 0.3) is 5.69 Å². The van der Waals surface area contributed by atoms with Crippen molar-refractivity contribution in [1.82, 2.24) is 14.7 Å². The van der Waals surface area contributed by atoms with Crippen LogP contribution in [0.15, 0.2) is 24.3 Å². The Labute approximate surface area is 218 Å². The van der Waals surface area contributed by atoms with E-state index in [0.29, 0.717) is 18.8 Å². The van der Waals surface area contributed by atoms with Crippen LogP contribution < -0.4 is 5.32 Å². The highest BCUT2D eigenvalue weighted by Crippen LogP contribution is 2.29. The molecule has 1 atom stereocenters. The minimum absolute atomic E-state index is 0.0298. The van der Waals surface area contributed by atoms with Crippen molar-refractivity contribution >= 4 is 17.6 Å². The number of rotatable bonds is 9. The minimum Gasteiger partial charge on any atom is -0.333 e. The lowest BCUT2D eigenvalue weighted by molar-refractivity contribution is -0.136. The largest absolute Gasteiger partial charge is 0.333 e. The maximum Gasteiger partial charge on any atom is 0.245 e. The molecule has 1 aromatic carbocycles. The second-order valence-electron chi connectivity index (χ2n) is 13.1. The number of carbonyl (C=O) groups excluding carboxylic acids is 2. The van der Waals surface area contributed by atoms with Gasteiger partial charge in [0.2, 0.25) is 11.8 Å². The van der Waals surface area contributed by atoms with Crippen LogP contribution in [0, 0.1) is 31.1 Å². The van der Waals surface area contributed by atoms with Gasteiger partial charge < -0.3 is 10.2 Å². The van der Waals surface area contributed by atoms with Crippen LogP contribution in [-0.2, 0) is 15.0 Å². The topological polar surface area (TPSA) is 67.2 Å². The number of aryl methyl sites for hydroxylation is 1. The average Bonchev–Trinajstić information content (AvgIpc) is 3.11. The molecule has 36 heavy (non-hydrogen) atoms. The zero-order valence-corrected chi connectivity index (χ0v) is 24.5. The van der Waals surface area contributed by atoms with Gasteiger partial charge in [0.25, 0.3) is 0 Å². The van der Waals surface area contributed by atoms with E-state index in [1.807, 2.05) is 22.9 Å². The van der Waals surface area contributed by atoms with Crippen LogP contribution in [0.1, 0.15) is 92.0 Å². The molecule has 1 unspecified atom stereocenters. The van der Waals surface area contributed by atoms with E-state index in [2.05, 4.69) is 87.5 Å². The van der Waals surface area contributed by atoms with Crippen molar-refractivity contribution in [2.24, 2.45) is 17.3 Å². The molecule has 2 aromatic rings. The lowest BCUT2D eigenvalue weighted by Gasteiger charge is -2.28. The summed E-state index contributed by atoms with van der Waals surface area (Å²) in [4.78, 5) is 28.2. The quantitative estimate of drug-likeness (QED) is 0.421. The number of hydrogen-bond acceptors (Lipinski definition) is 3. The summed E-state index contributed by atoms with van der Waals surface area (Å²) in [6.07, 6.45) is 1.41. The molecule has 1 N–H and O–H groups in total. The molecule has 0 bridgehead atoms. The fourth-order valence-corrected chi connectivity index (χ4v) is 4.58. The smallest absolute Gasteiger partial charge is 0.245 e. The van der Waals surface area contributed by atoms with Crippen LogP contribution in [0.2, 0.25) is 0 Å². The van der Waals surface area contributed by atoms with Gasteiger partial charge >= 0.3 is 0 Å². The average molecular weight is 497 g/mol. The Morgan fingerprint density at radius 3 is 2.25 bits per heavy atom. The summed E-state index contributed by atoms with van der Waals surface area (Å²) in [6, 6.07) is 8.03. The van der Waals surface area contributed by atoms with Gasteiger partial charge in [0.15, 0.2) is 0 Å². The summed E-state index contributed by atoms with van der Waals surface area (Å²) in [6.45, 7) is 23.9. The van der Waals surface area contributed by atoms with Crippen molar-refractivity contribution < 1.29 is 9.59 Å². The molecule has 0 aliphatic rings. The third-order valence-electron chi connectivity index (χ3n) is 6.31. The summed E-state index contributed by atoms with van der Waals surface area (Å²) in [5, 5.41) is 7.93. The van der Waals surface area contributed by atoms with E-state index in [1.165, 1.54) is 0 Å². The predicted octanol–water partition coefficient (Wildman–Crippen LogP) is 6.67. The molecule has 0 fully saturated rings. The molecule has 2 amide bonds. The van der Waals surface area contributed by atoms with Crippen molar-refractivity contribution in [3.8, 4) is 5.69 Å². The van der Waals surface area contributed by atoms with Gasteiger partial charge in [-0.15, -0.1) is 0 Å². The summed E-state index contributed by atoms with van der Waals surface area (Å²) >= 11 is 0. The number of benzene rings is 1. The minimum atomic E-state index is -0.209. The highest BCUT2D eigenvalue weighted by atomic mass is 16.2. The van der Waals surface area contributed by atoms with E-state index < -0.39 is 0 Å². The fraction of sp³-hybridized carbons (Fsp3) is 0.633. The molecule has 0 radical (unpaired) electrons. The number of nitrogens with one attached hydrogen (secondary N) is 1. The van der Waals surface area contributed by atoms with Gasteiger partial charge in [0, 0.05) is 24.4 Å². The molecule has 1 heterocycles. The summed E-state index contributed by atoms with van der Waals surface area (Å²) in [5.41, 5.74) is 4.09. The van der Waals surface area contributed by atoms with Gasteiger partial charge in [-0.25, -0.2) is 4.68 Å². The van der Waals surface area contributed by atoms with Crippen LogP contribution >= 0.6 is 0 Å². The van der Waals surface area contributed by atoms with Gasteiger partial charge in [-0.05, 0) is 54.7 Å². The molecular formula is C30H48N4O2. The maximum atomic E-state index is 13.3. The third kappa shape index (κ3) is 8.49. The lowest BCUT2D eigenvalue weighted by atomic mass is 9.84. The number of aromatic nitrogens is 2. The molecule has 0 spiro atoms. The monoisotopic (exact) mass is 496 g/mol.